The van der Waals surface area contributed by atoms with Crippen molar-refractivity contribution in [3.05, 3.63) is 32.1 Å². The smallest absolute Gasteiger partial charge is 0.311 e. The Morgan fingerprint density at radius 1 is 1.12 bits per heavy atom. The molecule has 2 N–H and O–H groups in total. The van der Waals surface area contributed by atoms with Crippen LogP contribution in [0.4, 0.5) is 0 Å². The van der Waals surface area contributed by atoms with Gasteiger partial charge in [-0.15, -0.1) is 23.2 Å². The molecule has 0 bridgehead atoms. The number of hydrogen-bond acceptors (Lipinski definition) is 3. The molecule has 7 heteroatoms. The van der Waals surface area contributed by atoms with Gasteiger partial charge in [0.1, 0.15) is 0 Å². The molecule has 1 aromatic heterocycles. The minimum Gasteiger partial charge on any atom is -0.311 e. The van der Waals surface area contributed by atoms with E-state index in [1.54, 1.807) is 6.92 Å². The molecule has 0 spiro atoms. The van der Waals surface area contributed by atoms with Gasteiger partial charge in [0.05, 0.1) is 5.56 Å². The first kappa shape index (κ1) is 14.3. The van der Waals surface area contributed by atoms with Crippen LogP contribution in [-0.2, 0) is 6.54 Å². The van der Waals surface area contributed by atoms with Crippen molar-refractivity contribution in [2.45, 2.75) is 13.5 Å². The van der Waals surface area contributed by atoms with E-state index in [1.165, 1.54) is 0 Å². The highest BCUT2D eigenvalue weighted by atomic mass is 35.5. The second-order valence-corrected chi connectivity index (χ2v) is 4.42. The monoisotopic (exact) mass is 279 g/mol. The molecule has 0 aromatic carbocycles. The number of nitrogens with one attached hydrogen (secondary N) is 2. The van der Waals surface area contributed by atoms with Crippen molar-refractivity contribution >= 4 is 23.2 Å². The molecular weight excluding hydrogens is 265 g/mol. The summed E-state index contributed by atoms with van der Waals surface area (Å²) < 4.78 is 0. The van der Waals surface area contributed by atoms with E-state index >= 15 is 0 Å². The Labute approximate surface area is 109 Å². The molecule has 0 radical (unpaired) electrons. The van der Waals surface area contributed by atoms with Crippen LogP contribution in [0, 0.1) is 6.92 Å². The average Bonchev–Trinajstić information content (AvgIpc) is 2.23. The van der Waals surface area contributed by atoms with Gasteiger partial charge in [-0.25, -0.2) is 4.79 Å². The van der Waals surface area contributed by atoms with Gasteiger partial charge in [0.15, 0.2) is 0 Å². The molecule has 0 amide bonds. The first-order valence-electron chi connectivity index (χ1n) is 5.25. The molecule has 0 atom stereocenters. The number of halogens is 2. The van der Waals surface area contributed by atoms with Crippen LogP contribution in [0.5, 0.6) is 0 Å². The molecular formula is C10H15Cl2N3O2. The van der Waals surface area contributed by atoms with Crippen molar-refractivity contribution in [3.8, 4) is 0 Å². The van der Waals surface area contributed by atoms with E-state index in [0.29, 0.717) is 42.7 Å². The molecule has 96 valence electrons. The molecule has 0 saturated carbocycles. The summed E-state index contributed by atoms with van der Waals surface area (Å²) in [5.41, 5.74) is 0.269. The highest BCUT2D eigenvalue weighted by Gasteiger charge is 2.11. The molecule has 0 unspecified atom stereocenters. The molecule has 5 nitrogen and oxygen atoms in total. The SMILES string of the molecule is Cc1[nH]c(=O)[nH]c(=O)c1CN(CCCl)CCCl. The lowest BCUT2D eigenvalue weighted by molar-refractivity contribution is 0.297. The number of rotatable bonds is 6. The van der Waals surface area contributed by atoms with E-state index in [2.05, 4.69) is 9.97 Å². The summed E-state index contributed by atoms with van der Waals surface area (Å²) in [6, 6.07) is 0. The molecule has 1 aromatic rings. The van der Waals surface area contributed by atoms with E-state index in [9.17, 15) is 9.59 Å². The molecule has 0 aliphatic rings. The minimum absolute atomic E-state index is 0.361. The Kier molecular flexibility index (Phi) is 5.74. The van der Waals surface area contributed by atoms with Gasteiger partial charge in [-0.1, -0.05) is 0 Å². The summed E-state index contributed by atoms with van der Waals surface area (Å²) in [5.74, 6) is 0.939. The van der Waals surface area contributed by atoms with Crippen LogP contribution in [0.25, 0.3) is 0 Å². The van der Waals surface area contributed by atoms with Crippen LogP contribution in [0.1, 0.15) is 11.3 Å². The molecule has 0 aliphatic carbocycles. The van der Waals surface area contributed by atoms with Crippen LogP contribution < -0.4 is 11.2 Å². The fourth-order valence-electron chi connectivity index (χ4n) is 1.55. The fraction of sp³-hybridized carbons (Fsp3) is 0.600. The summed E-state index contributed by atoms with van der Waals surface area (Å²) in [6.07, 6.45) is 0. The van der Waals surface area contributed by atoms with Crippen LogP contribution >= 0.6 is 23.2 Å². The van der Waals surface area contributed by atoms with E-state index in [-0.39, 0.29) is 5.56 Å². The van der Waals surface area contributed by atoms with Crippen molar-refractivity contribution in [2.75, 3.05) is 24.8 Å². The zero-order valence-corrected chi connectivity index (χ0v) is 11.1. The third kappa shape index (κ3) is 4.18. The van der Waals surface area contributed by atoms with Crippen LogP contribution in [0.15, 0.2) is 9.59 Å². The zero-order valence-electron chi connectivity index (χ0n) is 9.56. The summed E-state index contributed by atoms with van der Waals surface area (Å²) in [4.78, 5) is 29.4. The third-order valence-electron chi connectivity index (χ3n) is 2.44. The molecule has 1 heterocycles. The van der Waals surface area contributed by atoms with E-state index < -0.39 is 5.69 Å². The topological polar surface area (TPSA) is 69.0 Å². The Balaban J connectivity index is 2.92. The summed E-state index contributed by atoms with van der Waals surface area (Å²) in [5, 5.41) is 0. The van der Waals surface area contributed by atoms with Gasteiger partial charge in [-0.3, -0.25) is 14.7 Å². The van der Waals surface area contributed by atoms with Gasteiger partial charge in [0.25, 0.3) is 5.56 Å². The number of alkyl halides is 2. The maximum absolute atomic E-state index is 11.6. The predicted molar refractivity (Wildman–Crippen MR) is 69.1 cm³/mol. The quantitative estimate of drug-likeness (QED) is 0.752. The summed E-state index contributed by atoms with van der Waals surface area (Å²) in [7, 11) is 0. The molecule has 0 aliphatic heterocycles. The molecule has 0 saturated heterocycles. The molecule has 0 fully saturated rings. The van der Waals surface area contributed by atoms with E-state index in [0.717, 1.165) is 0 Å². The standard InChI is InChI=1S/C10H15Cl2N3O2/c1-7-8(9(16)14-10(17)13-7)6-15(4-2-11)5-3-12/h2-6H2,1H3,(H2,13,14,16,17). The Morgan fingerprint density at radius 2 is 1.71 bits per heavy atom. The van der Waals surface area contributed by atoms with Crippen molar-refractivity contribution in [1.82, 2.24) is 14.9 Å². The Hall–Kier alpha value is -0.780. The number of aromatic amines is 2. The lowest BCUT2D eigenvalue weighted by Crippen LogP contribution is -2.34. The Bertz CT molecular complexity index is 463. The Morgan fingerprint density at radius 3 is 2.18 bits per heavy atom. The largest absolute Gasteiger partial charge is 0.325 e. The van der Waals surface area contributed by atoms with Crippen molar-refractivity contribution in [3.63, 3.8) is 0 Å². The van der Waals surface area contributed by atoms with Gasteiger partial charge < -0.3 is 4.98 Å². The normalized spacial score (nSPS) is 11.1. The van der Waals surface area contributed by atoms with Crippen molar-refractivity contribution < 1.29 is 0 Å². The summed E-state index contributed by atoms with van der Waals surface area (Å²) >= 11 is 11.3. The number of nitrogens with zero attached hydrogens (tertiary/aromatic N) is 1. The number of H-pyrrole nitrogens is 2. The lowest BCUT2D eigenvalue weighted by atomic mass is 10.2. The van der Waals surface area contributed by atoms with Crippen LogP contribution in [0.3, 0.4) is 0 Å². The van der Waals surface area contributed by atoms with Crippen LogP contribution in [0.2, 0.25) is 0 Å². The zero-order chi connectivity index (χ0) is 12.8. The lowest BCUT2D eigenvalue weighted by Gasteiger charge is -2.20. The molecule has 17 heavy (non-hydrogen) atoms. The maximum atomic E-state index is 11.6. The van der Waals surface area contributed by atoms with Crippen LogP contribution in [-0.4, -0.2) is 39.7 Å². The van der Waals surface area contributed by atoms with Crippen molar-refractivity contribution in [1.29, 1.82) is 0 Å². The highest BCUT2D eigenvalue weighted by molar-refractivity contribution is 6.18. The first-order valence-corrected chi connectivity index (χ1v) is 6.31. The fourth-order valence-corrected chi connectivity index (χ4v) is 2.03. The third-order valence-corrected chi connectivity index (χ3v) is 2.78. The predicted octanol–water partition coefficient (Wildman–Crippen LogP) is 0.651. The van der Waals surface area contributed by atoms with Gasteiger partial charge in [-0.05, 0) is 6.92 Å². The maximum Gasteiger partial charge on any atom is 0.325 e. The number of aromatic nitrogens is 2. The average molecular weight is 280 g/mol. The number of hydrogen-bond donors (Lipinski definition) is 2. The minimum atomic E-state index is -0.488. The van der Waals surface area contributed by atoms with E-state index in [1.807, 2.05) is 4.90 Å². The van der Waals surface area contributed by atoms with Gasteiger partial charge in [0, 0.05) is 37.1 Å². The van der Waals surface area contributed by atoms with Gasteiger partial charge >= 0.3 is 5.69 Å². The van der Waals surface area contributed by atoms with Gasteiger partial charge in [-0.2, -0.15) is 0 Å². The summed E-state index contributed by atoms with van der Waals surface area (Å²) in [6.45, 7) is 3.42. The molecule has 1 rings (SSSR count). The van der Waals surface area contributed by atoms with Crippen molar-refractivity contribution in [2.24, 2.45) is 0 Å². The second-order valence-electron chi connectivity index (χ2n) is 3.67. The van der Waals surface area contributed by atoms with E-state index in [4.69, 9.17) is 23.2 Å². The van der Waals surface area contributed by atoms with Gasteiger partial charge in [0.2, 0.25) is 0 Å². The highest BCUT2D eigenvalue weighted by Crippen LogP contribution is 2.02. The number of aryl methyl sites for hydroxylation is 1. The second kappa shape index (κ2) is 6.83. The first-order chi connectivity index (χ1) is 8.08.